The molecule has 1 aliphatic carbocycles. The van der Waals surface area contributed by atoms with E-state index in [0.717, 1.165) is 31.6 Å². The third kappa shape index (κ3) is 3.73. The van der Waals surface area contributed by atoms with Crippen molar-refractivity contribution in [2.45, 2.75) is 35.8 Å². The molecule has 2 aliphatic rings. The van der Waals surface area contributed by atoms with Gasteiger partial charge < -0.3 is 5.73 Å². The minimum Gasteiger partial charge on any atom is -0.384 e. The second-order valence-electron chi connectivity index (χ2n) is 8.49. The van der Waals surface area contributed by atoms with E-state index in [-0.39, 0.29) is 11.7 Å². The van der Waals surface area contributed by atoms with Gasteiger partial charge >= 0.3 is 0 Å². The highest BCUT2D eigenvalue weighted by Crippen LogP contribution is 2.51. The van der Waals surface area contributed by atoms with Gasteiger partial charge in [0.25, 0.3) is 0 Å². The number of aryl methyl sites for hydroxylation is 1. The normalized spacial score (nSPS) is 20.4. The Morgan fingerprint density at radius 2 is 2.00 bits per heavy atom. The molecule has 0 amide bonds. The maximum absolute atomic E-state index is 13.9. The zero-order valence-corrected chi connectivity index (χ0v) is 20.6. The van der Waals surface area contributed by atoms with Crippen molar-refractivity contribution in [3.8, 4) is 6.07 Å². The predicted octanol–water partition coefficient (Wildman–Crippen LogP) is 5.87. The average molecular weight is 485 g/mol. The van der Waals surface area contributed by atoms with Crippen LogP contribution >= 0.6 is 23.1 Å². The Balaban J connectivity index is 1.74. The van der Waals surface area contributed by atoms with E-state index < -0.39 is 5.92 Å². The number of nitrogens with zero attached hydrogens (tertiary/aromatic N) is 3. The quantitative estimate of drug-likeness (QED) is 0.466. The smallest absolute Gasteiger partial charge is 0.162 e. The number of pyridine rings is 1. The van der Waals surface area contributed by atoms with E-state index in [0.29, 0.717) is 29.8 Å². The molecule has 0 radical (unpaired) electrons. The van der Waals surface area contributed by atoms with Gasteiger partial charge in [0.1, 0.15) is 5.82 Å². The molecule has 2 aromatic heterocycles. The molecule has 3 heterocycles. The lowest BCUT2D eigenvalue weighted by Gasteiger charge is -2.41. The van der Waals surface area contributed by atoms with Gasteiger partial charge in [-0.3, -0.25) is 14.7 Å². The van der Waals surface area contributed by atoms with Crippen LogP contribution in [0.25, 0.3) is 0 Å². The van der Waals surface area contributed by atoms with Crippen molar-refractivity contribution in [3.63, 3.8) is 0 Å². The SMILES string of the molecule is CSc1sc(C)cc1[C@H]1C(C#N)=C(N)N(c2cccnc2)C2=C1C(=O)C[C@@H](c1ccccc1)C2. The molecule has 5 rings (SSSR count). The summed E-state index contributed by atoms with van der Waals surface area (Å²) in [6, 6.07) is 18.4. The van der Waals surface area contributed by atoms with E-state index in [9.17, 15) is 10.1 Å². The molecule has 2 N–H and O–H groups in total. The first-order chi connectivity index (χ1) is 16.5. The number of nitriles is 1. The van der Waals surface area contributed by atoms with Crippen LogP contribution in [0.3, 0.4) is 0 Å². The van der Waals surface area contributed by atoms with Crippen LogP contribution in [-0.4, -0.2) is 17.0 Å². The number of ketones is 1. The molecule has 1 aromatic carbocycles. The number of carbonyl (C=O) groups excluding carboxylic acids is 1. The summed E-state index contributed by atoms with van der Waals surface area (Å²) in [4.78, 5) is 21.2. The number of nitrogens with two attached hydrogens (primary N) is 1. The fourth-order valence-electron chi connectivity index (χ4n) is 5.06. The molecule has 0 fully saturated rings. The Kier molecular flexibility index (Phi) is 6.03. The fraction of sp³-hybridized carbons (Fsp3) is 0.222. The molecule has 2 atom stereocenters. The van der Waals surface area contributed by atoms with Gasteiger partial charge in [-0.05, 0) is 54.8 Å². The lowest BCUT2D eigenvalue weighted by molar-refractivity contribution is -0.116. The monoisotopic (exact) mass is 484 g/mol. The van der Waals surface area contributed by atoms with Crippen molar-refractivity contribution in [3.05, 3.63) is 99.6 Å². The van der Waals surface area contributed by atoms with E-state index in [1.165, 1.54) is 0 Å². The minimum atomic E-state index is -0.454. The molecule has 0 unspecified atom stereocenters. The fourth-order valence-corrected chi connectivity index (χ4v) is 6.97. The van der Waals surface area contributed by atoms with Crippen molar-refractivity contribution in [2.24, 2.45) is 5.73 Å². The van der Waals surface area contributed by atoms with E-state index >= 15 is 0 Å². The second-order valence-corrected chi connectivity index (χ2v) is 10.8. The number of benzene rings is 1. The topological polar surface area (TPSA) is 83.0 Å². The zero-order chi connectivity index (χ0) is 23.8. The number of thioether (sulfide) groups is 1. The lowest BCUT2D eigenvalue weighted by Crippen LogP contribution is -2.40. The van der Waals surface area contributed by atoms with Gasteiger partial charge in [-0.2, -0.15) is 5.26 Å². The first-order valence-electron chi connectivity index (χ1n) is 11.1. The van der Waals surface area contributed by atoms with Gasteiger partial charge in [0.2, 0.25) is 0 Å². The highest BCUT2D eigenvalue weighted by atomic mass is 32.2. The molecule has 0 bridgehead atoms. The maximum Gasteiger partial charge on any atom is 0.162 e. The third-order valence-corrected chi connectivity index (χ3v) is 8.70. The predicted molar refractivity (Wildman–Crippen MR) is 138 cm³/mol. The zero-order valence-electron chi connectivity index (χ0n) is 19.0. The molecule has 0 saturated carbocycles. The van der Waals surface area contributed by atoms with Crippen LogP contribution in [0.1, 0.15) is 40.7 Å². The van der Waals surface area contributed by atoms with E-state index in [1.807, 2.05) is 41.5 Å². The van der Waals surface area contributed by atoms with Gasteiger partial charge in [-0.15, -0.1) is 23.1 Å². The summed E-state index contributed by atoms with van der Waals surface area (Å²) in [5.41, 5.74) is 11.6. The van der Waals surface area contributed by atoms with Crippen LogP contribution in [0.4, 0.5) is 5.69 Å². The minimum absolute atomic E-state index is 0.0490. The summed E-state index contributed by atoms with van der Waals surface area (Å²) in [5, 5.41) is 10.3. The lowest BCUT2D eigenvalue weighted by atomic mass is 9.72. The molecule has 7 heteroatoms. The highest BCUT2D eigenvalue weighted by molar-refractivity contribution is 8.00. The molecule has 3 aromatic rings. The molecule has 1 aliphatic heterocycles. The summed E-state index contributed by atoms with van der Waals surface area (Å²) in [6.45, 7) is 2.06. The second kappa shape index (κ2) is 9.13. The Morgan fingerprint density at radius 1 is 1.21 bits per heavy atom. The van der Waals surface area contributed by atoms with Crippen molar-refractivity contribution < 1.29 is 4.79 Å². The molecular weight excluding hydrogens is 460 g/mol. The number of hydrogen-bond donors (Lipinski definition) is 1. The van der Waals surface area contributed by atoms with Crippen molar-refractivity contribution in [2.75, 3.05) is 11.2 Å². The molecule has 5 nitrogen and oxygen atoms in total. The first kappa shape index (κ1) is 22.5. The van der Waals surface area contributed by atoms with Crippen LogP contribution in [-0.2, 0) is 4.79 Å². The number of aromatic nitrogens is 1. The van der Waals surface area contributed by atoms with Gasteiger partial charge in [0, 0.05) is 28.8 Å². The Labute approximate surface area is 207 Å². The summed E-state index contributed by atoms with van der Waals surface area (Å²) in [6.07, 6.45) is 6.53. The van der Waals surface area contributed by atoms with E-state index in [4.69, 9.17) is 5.73 Å². The Hall–Kier alpha value is -3.34. The molecule has 34 heavy (non-hydrogen) atoms. The summed E-state index contributed by atoms with van der Waals surface area (Å²) < 4.78 is 1.11. The van der Waals surface area contributed by atoms with E-state index in [2.05, 4.69) is 36.2 Å². The molecule has 170 valence electrons. The van der Waals surface area contributed by atoms with Crippen LogP contribution in [0.5, 0.6) is 0 Å². The van der Waals surface area contributed by atoms with E-state index in [1.54, 1.807) is 35.5 Å². The number of allylic oxidation sites excluding steroid dienone is 3. The van der Waals surface area contributed by atoms with Crippen LogP contribution in [0, 0.1) is 18.3 Å². The molecular formula is C27H24N4OS2. The number of hydrogen-bond acceptors (Lipinski definition) is 7. The summed E-state index contributed by atoms with van der Waals surface area (Å²) >= 11 is 3.34. The molecule has 0 saturated heterocycles. The van der Waals surface area contributed by atoms with Crippen molar-refractivity contribution in [1.29, 1.82) is 5.26 Å². The van der Waals surface area contributed by atoms with Gasteiger partial charge in [-0.1, -0.05) is 30.3 Å². The largest absolute Gasteiger partial charge is 0.384 e. The van der Waals surface area contributed by atoms with Crippen LogP contribution < -0.4 is 10.6 Å². The standard InChI is InChI=1S/C27H24N4OS2/c1-16-11-20(27(33-2)34-16)24-21(14-28)26(29)31(19-9-6-10-30-15-19)22-12-18(13-23(32)25(22)24)17-7-4-3-5-8-17/h3-11,15,18,24H,12-13,29H2,1-2H3/t18-,24-/m0/s1. The van der Waals surface area contributed by atoms with Crippen LogP contribution in [0.15, 0.2) is 87.8 Å². The number of Topliss-reactive ketones (excluding diaryl/α,β-unsaturated/α-hetero) is 1. The Bertz CT molecular complexity index is 1350. The summed E-state index contributed by atoms with van der Waals surface area (Å²) in [5.74, 6) is 0.0410. The van der Waals surface area contributed by atoms with Gasteiger partial charge in [0.15, 0.2) is 5.78 Å². The number of carbonyl (C=O) groups is 1. The van der Waals surface area contributed by atoms with Crippen LogP contribution in [0.2, 0.25) is 0 Å². The average Bonchev–Trinajstić information content (AvgIpc) is 3.24. The molecule has 0 spiro atoms. The highest BCUT2D eigenvalue weighted by Gasteiger charge is 2.43. The first-order valence-corrected chi connectivity index (χ1v) is 13.1. The number of thiophene rings is 1. The van der Waals surface area contributed by atoms with Gasteiger partial charge in [0.05, 0.1) is 33.7 Å². The third-order valence-electron chi connectivity index (χ3n) is 6.49. The van der Waals surface area contributed by atoms with Crippen molar-refractivity contribution >= 4 is 34.6 Å². The maximum atomic E-state index is 13.9. The Morgan fingerprint density at radius 3 is 2.68 bits per heavy atom. The van der Waals surface area contributed by atoms with Crippen molar-refractivity contribution in [1.82, 2.24) is 4.98 Å². The summed E-state index contributed by atoms with van der Waals surface area (Å²) in [7, 11) is 0. The van der Waals surface area contributed by atoms with Gasteiger partial charge in [-0.25, -0.2) is 0 Å². The number of rotatable bonds is 4. The number of anilines is 1.